The van der Waals surface area contributed by atoms with Gasteiger partial charge in [-0.05, 0) is 48.7 Å². The lowest BCUT2D eigenvalue weighted by atomic mass is 10.2. The number of ether oxygens (including phenoxy) is 1. The average Bonchev–Trinajstić information content (AvgIpc) is 2.66. The van der Waals surface area contributed by atoms with E-state index in [-0.39, 0.29) is 16.6 Å². The monoisotopic (exact) mass is 430 g/mol. The second kappa shape index (κ2) is 9.27. The van der Waals surface area contributed by atoms with Crippen molar-refractivity contribution in [1.82, 2.24) is 4.72 Å². The lowest BCUT2D eigenvalue weighted by molar-refractivity contribution is -0.118. The summed E-state index contributed by atoms with van der Waals surface area (Å²) in [7, 11) is -3.67. The Hall–Kier alpha value is -2.59. The fourth-order valence-corrected chi connectivity index (χ4v) is 3.56. The van der Waals surface area contributed by atoms with Crippen LogP contribution in [0.25, 0.3) is 0 Å². The van der Waals surface area contributed by atoms with Crippen LogP contribution < -0.4 is 14.8 Å². The van der Waals surface area contributed by atoms with E-state index in [2.05, 4.69) is 10.0 Å². The van der Waals surface area contributed by atoms with Gasteiger partial charge in [0.1, 0.15) is 5.75 Å². The first-order valence-electron chi connectivity index (χ1n) is 8.67. The van der Waals surface area contributed by atoms with E-state index in [0.29, 0.717) is 18.2 Å². The number of hydrogen-bond donors (Lipinski definition) is 2. The van der Waals surface area contributed by atoms with Gasteiger partial charge in [-0.2, -0.15) is 0 Å². The molecule has 10 heteroatoms. The maximum atomic E-state index is 13.6. The minimum absolute atomic E-state index is 0.0521. The van der Waals surface area contributed by atoms with Crippen LogP contribution in [0.5, 0.6) is 5.75 Å². The van der Waals surface area contributed by atoms with E-state index in [0.717, 1.165) is 6.07 Å². The molecule has 2 aromatic carbocycles. The molecule has 0 unspecified atom stereocenters. The molecule has 0 aliphatic rings. The van der Waals surface area contributed by atoms with Crippen molar-refractivity contribution in [3.8, 4) is 5.75 Å². The molecule has 0 spiro atoms. The van der Waals surface area contributed by atoms with E-state index in [4.69, 9.17) is 4.74 Å². The van der Waals surface area contributed by atoms with Gasteiger partial charge in [-0.1, -0.05) is 13.8 Å². The molecule has 0 saturated heterocycles. The van der Waals surface area contributed by atoms with Crippen molar-refractivity contribution in [2.45, 2.75) is 25.7 Å². The summed E-state index contributed by atoms with van der Waals surface area (Å²) in [6.45, 7) is 5.10. The molecule has 29 heavy (non-hydrogen) atoms. The third-order valence-electron chi connectivity index (χ3n) is 3.81. The topological polar surface area (TPSA) is 84.5 Å². The Labute approximate surface area is 167 Å². The van der Waals surface area contributed by atoms with Gasteiger partial charge in [-0.25, -0.2) is 26.3 Å². The molecule has 0 heterocycles. The Bertz CT molecular complexity index is 1010. The predicted octanol–water partition coefficient (Wildman–Crippen LogP) is 3.36. The number of halogens is 3. The Kier molecular flexibility index (Phi) is 7.26. The summed E-state index contributed by atoms with van der Waals surface area (Å²) >= 11 is 0. The zero-order valence-electron chi connectivity index (χ0n) is 16.1. The number of amides is 1. The van der Waals surface area contributed by atoms with Gasteiger partial charge in [0.2, 0.25) is 10.0 Å². The lowest BCUT2D eigenvalue weighted by Crippen LogP contribution is -2.27. The first-order valence-corrected chi connectivity index (χ1v) is 10.2. The molecule has 0 saturated carbocycles. The second-order valence-corrected chi connectivity index (χ2v) is 8.50. The van der Waals surface area contributed by atoms with Gasteiger partial charge in [-0.3, -0.25) is 4.79 Å². The minimum Gasteiger partial charge on any atom is -0.483 e. The van der Waals surface area contributed by atoms with Gasteiger partial charge in [-0.15, -0.1) is 0 Å². The van der Waals surface area contributed by atoms with Crippen LogP contribution in [0.2, 0.25) is 0 Å². The quantitative estimate of drug-likeness (QED) is 0.629. The minimum atomic E-state index is -3.67. The van der Waals surface area contributed by atoms with Crippen LogP contribution in [0.1, 0.15) is 19.4 Å². The molecule has 0 aliphatic carbocycles. The zero-order chi connectivity index (χ0) is 21.8. The van der Waals surface area contributed by atoms with E-state index in [9.17, 15) is 26.4 Å². The Morgan fingerprint density at radius 1 is 1.10 bits per heavy atom. The summed E-state index contributed by atoms with van der Waals surface area (Å²) in [6.07, 6.45) is 0. The fraction of sp³-hybridized carbons (Fsp3) is 0.316. The molecule has 2 rings (SSSR count). The van der Waals surface area contributed by atoms with Crippen LogP contribution in [0.3, 0.4) is 0 Å². The van der Waals surface area contributed by atoms with Crippen LogP contribution in [0.15, 0.2) is 35.2 Å². The van der Waals surface area contributed by atoms with E-state index in [1.54, 1.807) is 6.92 Å². The Morgan fingerprint density at radius 3 is 2.41 bits per heavy atom. The van der Waals surface area contributed by atoms with Crippen LogP contribution >= 0.6 is 0 Å². The molecule has 0 bridgehead atoms. The molecule has 1 amide bonds. The zero-order valence-corrected chi connectivity index (χ0v) is 16.9. The van der Waals surface area contributed by atoms with Crippen LogP contribution in [-0.2, 0) is 14.8 Å². The van der Waals surface area contributed by atoms with Gasteiger partial charge < -0.3 is 10.1 Å². The van der Waals surface area contributed by atoms with E-state index in [1.165, 1.54) is 18.2 Å². The smallest absolute Gasteiger partial charge is 0.262 e. The van der Waals surface area contributed by atoms with Crippen molar-refractivity contribution >= 4 is 21.6 Å². The first kappa shape index (κ1) is 22.7. The summed E-state index contributed by atoms with van der Waals surface area (Å²) in [5.74, 6) is -4.99. The number of aryl methyl sites for hydroxylation is 1. The molecule has 0 aliphatic heterocycles. The Balaban J connectivity index is 2.02. The molecule has 0 atom stereocenters. The summed E-state index contributed by atoms with van der Waals surface area (Å²) < 4.78 is 72.0. The number of sulfonamides is 1. The molecule has 0 radical (unpaired) electrons. The highest BCUT2D eigenvalue weighted by molar-refractivity contribution is 7.89. The molecule has 2 aromatic rings. The number of benzene rings is 2. The maximum Gasteiger partial charge on any atom is 0.262 e. The molecule has 0 aromatic heterocycles. The summed E-state index contributed by atoms with van der Waals surface area (Å²) in [5, 5.41) is 2.08. The predicted molar refractivity (Wildman–Crippen MR) is 102 cm³/mol. The largest absolute Gasteiger partial charge is 0.483 e. The molecule has 158 valence electrons. The van der Waals surface area contributed by atoms with E-state index < -0.39 is 45.7 Å². The molecule has 2 N–H and O–H groups in total. The third kappa shape index (κ3) is 5.94. The number of rotatable bonds is 8. The second-order valence-electron chi connectivity index (χ2n) is 6.73. The standard InChI is InChI=1S/C19H21F3N2O4S/c1-11(2)9-23-29(26,27)13-4-7-16(12(3)8-13)28-10-17(25)24-15-6-5-14(20)18(21)19(15)22/h4-8,11,23H,9-10H2,1-3H3,(H,24,25). The molecular weight excluding hydrogens is 409 g/mol. The van der Waals surface area contributed by atoms with Crippen molar-refractivity contribution in [2.24, 2.45) is 5.92 Å². The van der Waals surface area contributed by atoms with Crippen LogP contribution in [-0.4, -0.2) is 27.5 Å². The first-order chi connectivity index (χ1) is 13.5. The highest BCUT2D eigenvalue weighted by Gasteiger charge is 2.17. The normalized spacial score (nSPS) is 11.6. The number of anilines is 1. The van der Waals surface area contributed by atoms with Gasteiger partial charge in [0.15, 0.2) is 24.1 Å². The van der Waals surface area contributed by atoms with Gasteiger partial charge >= 0.3 is 0 Å². The van der Waals surface area contributed by atoms with Crippen LogP contribution in [0, 0.1) is 30.3 Å². The number of hydrogen-bond acceptors (Lipinski definition) is 4. The van der Waals surface area contributed by atoms with Crippen molar-refractivity contribution in [2.75, 3.05) is 18.5 Å². The SMILES string of the molecule is Cc1cc(S(=O)(=O)NCC(C)C)ccc1OCC(=O)Nc1ccc(F)c(F)c1F. The van der Waals surface area contributed by atoms with Gasteiger partial charge in [0.25, 0.3) is 5.91 Å². The van der Waals surface area contributed by atoms with Crippen molar-refractivity contribution < 1.29 is 31.1 Å². The average molecular weight is 430 g/mol. The number of carbonyl (C=O) groups is 1. The molecule has 6 nitrogen and oxygen atoms in total. The molecular formula is C19H21F3N2O4S. The van der Waals surface area contributed by atoms with Crippen molar-refractivity contribution in [1.29, 1.82) is 0 Å². The lowest BCUT2D eigenvalue weighted by Gasteiger charge is -2.13. The van der Waals surface area contributed by atoms with Crippen molar-refractivity contribution in [3.63, 3.8) is 0 Å². The highest BCUT2D eigenvalue weighted by Crippen LogP contribution is 2.23. The third-order valence-corrected chi connectivity index (χ3v) is 5.23. The Morgan fingerprint density at radius 2 is 1.79 bits per heavy atom. The number of carbonyl (C=O) groups excluding carboxylic acids is 1. The maximum absolute atomic E-state index is 13.6. The summed E-state index contributed by atoms with van der Waals surface area (Å²) in [6, 6.07) is 5.69. The summed E-state index contributed by atoms with van der Waals surface area (Å²) in [5.41, 5.74) is -0.0591. The van der Waals surface area contributed by atoms with Gasteiger partial charge in [0.05, 0.1) is 10.6 Å². The van der Waals surface area contributed by atoms with E-state index >= 15 is 0 Å². The number of nitrogens with one attached hydrogen (secondary N) is 2. The highest BCUT2D eigenvalue weighted by atomic mass is 32.2. The summed E-state index contributed by atoms with van der Waals surface area (Å²) in [4.78, 5) is 11.9. The fourth-order valence-electron chi connectivity index (χ4n) is 2.26. The van der Waals surface area contributed by atoms with E-state index in [1.807, 2.05) is 13.8 Å². The van der Waals surface area contributed by atoms with Crippen molar-refractivity contribution in [3.05, 3.63) is 53.3 Å². The molecule has 0 fully saturated rings. The van der Waals surface area contributed by atoms with Gasteiger partial charge in [0, 0.05) is 6.54 Å². The van der Waals surface area contributed by atoms with Crippen LogP contribution in [0.4, 0.5) is 18.9 Å².